The molecule has 2 heterocycles. The molecule has 5 nitrogen and oxygen atoms in total. The molecule has 1 saturated heterocycles. The molecule has 1 aromatic heterocycles. The molecular formula is C16H19FN4O. The number of nitrogens with one attached hydrogen (secondary N) is 2. The van der Waals surface area contributed by atoms with Crippen LogP contribution >= 0.6 is 0 Å². The number of halogens is 1. The Morgan fingerprint density at radius 3 is 3.05 bits per heavy atom. The molecule has 1 aliphatic rings. The van der Waals surface area contributed by atoms with E-state index in [1.54, 1.807) is 24.3 Å². The third-order valence-corrected chi connectivity index (χ3v) is 3.88. The van der Waals surface area contributed by atoms with Gasteiger partial charge >= 0.3 is 0 Å². The quantitative estimate of drug-likeness (QED) is 0.906. The Balaban J connectivity index is 1.61. The second-order valence-corrected chi connectivity index (χ2v) is 5.46. The molecule has 116 valence electrons. The second-order valence-electron chi connectivity index (χ2n) is 5.46. The Hall–Kier alpha value is -2.21. The lowest BCUT2D eigenvalue weighted by Crippen LogP contribution is -2.32. The van der Waals surface area contributed by atoms with Gasteiger partial charge in [0.2, 0.25) is 0 Å². The summed E-state index contributed by atoms with van der Waals surface area (Å²) in [4.78, 5) is 12.1. The van der Waals surface area contributed by atoms with Crippen LogP contribution in [-0.4, -0.2) is 28.8 Å². The molecular weight excluding hydrogens is 283 g/mol. The Morgan fingerprint density at radius 1 is 1.41 bits per heavy atom. The molecule has 3 rings (SSSR count). The van der Waals surface area contributed by atoms with Gasteiger partial charge in [0.25, 0.3) is 5.91 Å². The van der Waals surface area contributed by atoms with Crippen molar-refractivity contribution in [3.05, 3.63) is 53.6 Å². The van der Waals surface area contributed by atoms with Crippen molar-refractivity contribution in [1.29, 1.82) is 0 Å². The number of piperidine rings is 1. The zero-order valence-electron chi connectivity index (χ0n) is 12.3. The first-order chi connectivity index (χ1) is 10.7. The molecule has 1 amide bonds. The Labute approximate surface area is 128 Å². The van der Waals surface area contributed by atoms with Crippen LogP contribution in [0.25, 0.3) is 0 Å². The molecule has 22 heavy (non-hydrogen) atoms. The van der Waals surface area contributed by atoms with Crippen LogP contribution in [0.3, 0.4) is 0 Å². The van der Waals surface area contributed by atoms with Crippen LogP contribution in [0.1, 0.15) is 34.9 Å². The Bertz CT molecular complexity index is 649. The molecule has 0 saturated carbocycles. The maximum atomic E-state index is 13.5. The highest BCUT2D eigenvalue weighted by atomic mass is 19.1. The van der Waals surface area contributed by atoms with Crippen LogP contribution in [0, 0.1) is 5.82 Å². The molecule has 1 fully saturated rings. The van der Waals surface area contributed by atoms with E-state index in [0.717, 1.165) is 25.9 Å². The van der Waals surface area contributed by atoms with Crippen LogP contribution in [-0.2, 0) is 6.54 Å². The highest BCUT2D eigenvalue weighted by Crippen LogP contribution is 2.15. The summed E-state index contributed by atoms with van der Waals surface area (Å²) in [6.45, 7) is 2.06. The highest BCUT2D eigenvalue weighted by molar-refractivity contribution is 5.92. The lowest BCUT2D eigenvalue weighted by atomic mass is 10.1. The van der Waals surface area contributed by atoms with Gasteiger partial charge in [-0.3, -0.25) is 9.48 Å². The maximum Gasteiger partial charge on any atom is 0.272 e. The van der Waals surface area contributed by atoms with E-state index in [-0.39, 0.29) is 18.3 Å². The predicted molar refractivity (Wildman–Crippen MR) is 80.9 cm³/mol. The molecule has 1 aromatic carbocycles. The predicted octanol–water partition coefficient (Wildman–Crippen LogP) is 1.88. The van der Waals surface area contributed by atoms with Crippen molar-refractivity contribution in [2.24, 2.45) is 0 Å². The van der Waals surface area contributed by atoms with Gasteiger partial charge in [-0.05, 0) is 31.5 Å². The summed E-state index contributed by atoms with van der Waals surface area (Å²) >= 11 is 0. The third-order valence-electron chi connectivity index (χ3n) is 3.88. The zero-order chi connectivity index (χ0) is 15.4. The molecule has 6 heteroatoms. The van der Waals surface area contributed by atoms with Crippen molar-refractivity contribution in [2.45, 2.75) is 25.4 Å². The van der Waals surface area contributed by atoms with Gasteiger partial charge in [0.1, 0.15) is 11.5 Å². The number of aromatic nitrogens is 2. The molecule has 1 unspecified atom stereocenters. The van der Waals surface area contributed by atoms with Crippen LogP contribution in [0.2, 0.25) is 0 Å². The fourth-order valence-electron chi connectivity index (χ4n) is 2.63. The van der Waals surface area contributed by atoms with E-state index in [1.807, 2.05) is 10.9 Å². The van der Waals surface area contributed by atoms with Crippen LogP contribution in [0.15, 0.2) is 36.5 Å². The number of rotatable bonds is 4. The van der Waals surface area contributed by atoms with Crippen molar-refractivity contribution in [3.8, 4) is 0 Å². The number of hydrogen-bond acceptors (Lipinski definition) is 3. The van der Waals surface area contributed by atoms with Crippen molar-refractivity contribution >= 4 is 5.91 Å². The van der Waals surface area contributed by atoms with Crippen molar-refractivity contribution in [1.82, 2.24) is 20.4 Å². The van der Waals surface area contributed by atoms with Crippen molar-refractivity contribution < 1.29 is 9.18 Å². The molecule has 0 aliphatic carbocycles. The van der Waals surface area contributed by atoms with Gasteiger partial charge in [-0.1, -0.05) is 18.2 Å². The van der Waals surface area contributed by atoms with Crippen molar-refractivity contribution in [3.63, 3.8) is 0 Å². The topological polar surface area (TPSA) is 59.0 Å². The molecule has 2 aromatic rings. The van der Waals surface area contributed by atoms with E-state index in [9.17, 15) is 9.18 Å². The first-order valence-corrected chi connectivity index (χ1v) is 7.51. The van der Waals surface area contributed by atoms with E-state index in [1.165, 1.54) is 6.07 Å². The largest absolute Gasteiger partial charge is 0.346 e. The molecule has 1 atom stereocenters. The Kier molecular flexibility index (Phi) is 4.48. The molecule has 0 radical (unpaired) electrons. The monoisotopic (exact) mass is 302 g/mol. The van der Waals surface area contributed by atoms with Crippen LogP contribution in [0.5, 0.6) is 0 Å². The van der Waals surface area contributed by atoms with Gasteiger partial charge in [0.15, 0.2) is 0 Å². The molecule has 1 aliphatic heterocycles. The smallest absolute Gasteiger partial charge is 0.272 e. The molecule has 2 N–H and O–H groups in total. The maximum absolute atomic E-state index is 13.5. The standard InChI is InChI=1S/C16H19FN4O/c17-14-6-2-1-4-12(14)10-19-16(22)15-7-9-21(20-15)13-5-3-8-18-11-13/h1-2,4,6-7,9,13,18H,3,5,8,10-11H2,(H,19,22). The minimum absolute atomic E-state index is 0.156. The minimum atomic E-state index is -0.318. The number of carbonyl (C=O) groups excluding carboxylic acids is 1. The summed E-state index contributed by atoms with van der Waals surface area (Å²) < 4.78 is 15.3. The average Bonchev–Trinajstić information content (AvgIpc) is 3.05. The van der Waals surface area contributed by atoms with Gasteiger partial charge in [0.05, 0.1) is 6.04 Å². The fourth-order valence-corrected chi connectivity index (χ4v) is 2.63. The fraction of sp³-hybridized carbons (Fsp3) is 0.375. The summed E-state index contributed by atoms with van der Waals surface area (Å²) in [5, 5.41) is 10.4. The van der Waals surface area contributed by atoms with Gasteiger partial charge in [0, 0.05) is 24.8 Å². The SMILES string of the molecule is O=C(NCc1ccccc1F)c1ccn(C2CCCNC2)n1. The Morgan fingerprint density at radius 2 is 2.27 bits per heavy atom. The highest BCUT2D eigenvalue weighted by Gasteiger charge is 2.17. The van der Waals surface area contributed by atoms with Gasteiger partial charge in [-0.15, -0.1) is 0 Å². The summed E-state index contributed by atoms with van der Waals surface area (Å²) in [7, 11) is 0. The minimum Gasteiger partial charge on any atom is -0.346 e. The van der Waals surface area contributed by atoms with E-state index in [0.29, 0.717) is 17.3 Å². The summed E-state index contributed by atoms with van der Waals surface area (Å²) in [5.41, 5.74) is 0.827. The van der Waals surface area contributed by atoms with Gasteiger partial charge in [-0.2, -0.15) is 5.10 Å². The summed E-state index contributed by atoms with van der Waals surface area (Å²) in [6, 6.07) is 8.40. The third kappa shape index (κ3) is 3.33. The van der Waals surface area contributed by atoms with E-state index in [2.05, 4.69) is 15.7 Å². The zero-order valence-corrected chi connectivity index (χ0v) is 12.3. The summed E-state index contributed by atoms with van der Waals surface area (Å²) in [5.74, 6) is -0.604. The number of amides is 1. The summed E-state index contributed by atoms with van der Waals surface area (Å²) in [6.07, 6.45) is 4.00. The molecule has 0 spiro atoms. The number of benzene rings is 1. The van der Waals surface area contributed by atoms with Gasteiger partial charge < -0.3 is 10.6 Å². The van der Waals surface area contributed by atoms with E-state index in [4.69, 9.17) is 0 Å². The number of hydrogen-bond donors (Lipinski definition) is 2. The lowest BCUT2D eigenvalue weighted by Gasteiger charge is -2.22. The van der Waals surface area contributed by atoms with Crippen LogP contribution < -0.4 is 10.6 Å². The van der Waals surface area contributed by atoms with Gasteiger partial charge in [-0.25, -0.2) is 4.39 Å². The van der Waals surface area contributed by atoms with Crippen LogP contribution in [0.4, 0.5) is 4.39 Å². The lowest BCUT2D eigenvalue weighted by molar-refractivity contribution is 0.0944. The number of nitrogens with zero attached hydrogens (tertiary/aromatic N) is 2. The first kappa shape index (κ1) is 14.7. The van der Waals surface area contributed by atoms with Crippen molar-refractivity contribution in [2.75, 3.05) is 13.1 Å². The average molecular weight is 302 g/mol. The second kappa shape index (κ2) is 6.70. The number of carbonyl (C=O) groups is 1. The first-order valence-electron chi connectivity index (χ1n) is 7.51. The van der Waals surface area contributed by atoms with E-state index < -0.39 is 0 Å². The van der Waals surface area contributed by atoms with E-state index >= 15 is 0 Å². The normalized spacial score (nSPS) is 18.1. The molecule has 0 bridgehead atoms.